The highest BCUT2D eigenvalue weighted by Crippen LogP contribution is 2.28. The molecule has 0 atom stereocenters. The predicted octanol–water partition coefficient (Wildman–Crippen LogP) is 3.61. The molecule has 28 heavy (non-hydrogen) atoms. The molecule has 2 amide bonds. The zero-order chi connectivity index (χ0) is 20.5. The van der Waals surface area contributed by atoms with Gasteiger partial charge in [0.1, 0.15) is 6.42 Å². The number of hydrogen-bond donors (Lipinski definition) is 2. The van der Waals surface area contributed by atoms with Gasteiger partial charge >= 0.3 is 0 Å². The summed E-state index contributed by atoms with van der Waals surface area (Å²) < 4.78 is 10.9. The predicted molar refractivity (Wildman–Crippen MR) is 109 cm³/mol. The van der Waals surface area contributed by atoms with Gasteiger partial charge in [-0.1, -0.05) is 11.6 Å². The fourth-order valence-corrected chi connectivity index (χ4v) is 2.34. The highest BCUT2D eigenvalue weighted by molar-refractivity contribution is 6.30. The molecule has 2 aromatic carbocycles. The first-order valence-electron chi connectivity index (χ1n) is 8.59. The van der Waals surface area contributed by atoms with Gasteiger partial charge in [0.25, 0.3) is 0 Å². The van der Waals surface area contributed by atoms with Crippen LogP contribution < -0.4 is 20.2 Å². The number of rotatable bonds is 8. The van der Waals surface area contributed by atoms with Crippen LogP contribution in [0, 0.1) is 0 Å². The van der Waals surface area contributed by atoms with Gasteiger partial charge in [-0.2, -0.15) is 5.10 Å². The molecule has 0 aromatic heterocycles. The largest absolute Gasteiger partial charge is 0.493 e. The van der Waals surface area contributed by atoms with Gasteiger partial charge in [0.2, 0.25) is 11.8 Å². The SMILES string of the molecule is COc1cc(C=NNC(=O)CC(=O)Nc2ccc(Cl)cc2)ccc1OC(C)C. The molecule has 148 valence electrons. The number of nitrogens with one attached hydrogen (secondary N) is 2. The lowest BCUT2D eigenvalue weighted by Crippen LogP contribution is -2.24. The Hall–Kier alpha value is -3.06. The Labute approximate surface area is 168 Å². The summed E-state index contributed by atoms with van der Waals surface area (Å²) in [4.78, 5) is 23.7. The summed E-state index contributed by atoms with van der Waals surface area (Å²) >= 11 is 5.78. The van der Waals surface area contributed by atoms with Crippen molar-refractivity contribution in [1.82, 2.24) is 5.43 Å². The Kier molecular flexibility index (Phi) is 7.83. The van der Waals surface area contributed by atoms with Crippen LogP contribution in [0.25, 0.3) is 0 Å². The third-order valence-corrected chi connectivity index (χ3v) is 3.65. The second-order valence-corrected chi connectivity index (χ2v) is 6.54. The minimum absolute atomic E-state index is 0.0201. The summed E-state index contributed by atoms with van der Waals surface area (Å²) in [6.45, 7) is 3.85. The molecule has 0 spiro atoms. The zero-order valence-electron chi connectivity index (χ0n) is 15.9. The van der Waals surface area contributed by atoms with Crippen molar-refractivity contribution < 1.29 is 19.1 Å². The van der Waals surface area contributed by atoms with Crippen molar-refractivity contribution in [3.05, 3.63) is 53.1 Å². The third-order valence-electron chi connectivity index (χ3n) is 3.40. The number of methoxy groups -OCH3 is 1. The molecule has 0 saturated carbocycles. The van der Waals surface area contributed by atoms with Crippen LogP contribution in [0.1, 0.15) is 25.8 Å². The molecule has 0 radical (unpaired) electrons. The van der Waals surface area contributed by atoms with Gasteiger partial charge in [-0.25, -0.2) is 5.43 Å². The van der Waals surface area contributed by atoms with Gasteiger partial charge in [-0.3, -0.25) is 9.59 Å². The molecule has 7 nitrogen and oxygen atoms in total. The lowest BCUT2D eigenvalue weighted by molar-refractivity contribution is -0.126. The van der Waals surface area contributed by atoms with Crippen molar-refractivity contribution in [1.29, 1.82) is 0 Å². The average Bonchev–Trinajstić information content (AvgIpc) is 2.64. The molecule has 2 N–H and O–H groups in total. The van der Waals surface area contributed by atoms with Crippen LogP contribution in [-0.4, -0.2) is 31.2 Å². The number of ether oxygens (including phenoxy) is 2. The van der Waals surface area contributed by atoms with E-state index in [9.17, 15) is 9.59 Å². The maximum absolute atomic E-state index is 11.9. The summed E-state index contributed by atoms with van der Waals surface area (Å²) in [5.74, 6) is 0.199. The minimum Gasteiger partial charge on any atom is -0.493 e. The van der Waals surface area contributed by atoms with Crippen LogP contribution in [0.5, 0.6) is 11.5 Å². The first-order valence-corrected chi connectivity index (χ1v) is 8.97. The number of hydrogen-bond acceptors (Lipinski definition) is 5. The third kappa shape index (κ3) is 6.92. The molecule has 8 heteroatoms. The van der Waals surface area contributed by atoms with Crippen molar-refractivity contribution in [2.45, 2.75) is 26.4 Å². The van der Waals surface area contributed by atoms with Gasteiger partial charge in [0.15, 0.2) is 11.5 Å². The summed E-state index contributed by atoms with van der Waals surface area (Å²) in [7, 11) is 1.55. The molecule has 0 aliphatic carbocycles. The van der Waals surface area contributed by atoms with E-state index in [2.05, 4.69) is 15.8 Å². The van der Waals surface area contributed by atoms with E-state index in [0.717, 1.165) is 0 Å². The quantitative estimate of drug-likeness (QED) is 0.400. The van der Waals surface area contributed by atoms with Crippen molar-refractivity contribution in [3.63, 3.8) is 0 Å². The monoisotopic (exact) mass is 403 g/mol. The molecule has 2 rings (SSSR count). The second-order valence-electron chi connectivity index (χ2n) is 6.10. The zero-order valence-corrected chi connectivity index (χ0v) is 16.6. The fourth-order valence-electron chi connectivity index (χ4n) is 2.22. The number of hydrazone groups is 1. The Morgan fingerprint density at radius 2 is 1.82 bits per heavy atom. The number of halogens is 1. The Morgan fingerprint density at radius 1 is 1.11 bits per heavy atom. The van der Waals surface area contributed by atoms with Crippen molar-refractivity contribution in [2.75, 3.05) is 12.4 Å². The topological polar surface area (TPSA) is 89.0 Å². The van der Waals surface area contributed by atoms with Crippen molar-refractivity contribution in [3.8, 4) is 11.5 Å². The molecule has 0 bridgehead atoms. The van der Waals surface area contributed by atoms with E-state index in [0.29, 0.717) is 27.8 Å². The van der Waals surface area contributed by atoms with E-state index >= 15 is 0 Å². The van der Waals surface area contributed by atoms with Crippen LogP contribution in [0.15, 0.2) is 47.6 Å². The Morgan fingerprint density at radius 3 is 2.46 bits per heavy atom. The molecule has 0 unspecified atom stereocenters. The number of nitrogens with zero attached hydrogens (tertiary/aromatic N) is 1. The summed E-state index contributed by atoms with van der Waals surface area (Å²) in [6, 6.07) is 11.9. The number of anilines is 1. The van der Waals surface area contributed by atoms with E-state index in [1.165, 1.54) is 6.21 Å². The minimum atomic E-state index is -0.533. The van der Waals surface area contributed by atoms with Gasteiger partial charge in [0.05, 0.1) is 19.4 Å². The van der Waals surface area contributed by atoms with E-state index in [-0.39, 0.29) is 12.5 Å². The molecular formula is C20H22ClN3O4. The van der Waals surface area contributed by atoms with Crippen LogP contribution in [-0.2, 0) is 9.59 Å². The number of benzene rings is 2. The molecule has 0 aliphatic heterocycles. The first kappa shape index (κ1) is 21.2. The number of carbonyl (C=O) groups excluding carboxylic acids is 2. The molecule has 0 aliphatic rings. The average molecular weight is 404 g/mol. The van der Waals surface area contributed by atoms with Gasteiger partial charge in [-0.05, 0) is 61.9 Å². The maximum Gasteiger partial charge on any atom is 0.249 e. The maximum atomic E-state index is 11.9. The normalized spacial score (nSPS) is 10.8. The Bertz CT molecular complexity index is 851. The smallest absolute Gasteiger partial charge is 0.249 e. The van der Waals surface area contributed by atoms with E-state index < -0.39 is 11.8 Å². The summed E-state index contributed by atoms with van der Waals surface area (Å²) in [5.41, 5.74) is 3.58. The number of carbonyl (C=O) groups is 2. The molecule has 0 fully saturated rings. The van der Waals surface area contributed by atoms with Crippen LogP contribution in [0.2, 0.25) is 5.02 Å². The molecule has 2 aromatic rings. The number of amides is 2. The highest BCUT2D eigenvalue weighted by atomic mass is 35.5. The molecule has 0 heterocycles. The van der Waals surface area contributed by atoms with E-state index in [1.54, 1.807) is 49.6 Å². The van der Waals surface area contributed by atoms with Gasteiger partial charge in [-0.15, -0.1) is 0 Å². The van der Waals surface area contributed by atoms with Crippen LogP contribution in [0.4, 0.5) is 5.69 Å². The first-order chi connectivity index (χ1) is 13.4. The standard InChI is InChI=1S/C20H22ClN3O4/c1-13(2)28-17-9-4-14(10-18(17)27-3)12-22-24-20(26)11-19(25)23-16-7-5-15(21)6-8-16/h4-10,12-13H,11H2,1-3H3,(H,23,25)(H,24,26). The molecular weight excluding hydrogens is 382 g/mol. The van der Waals surface area contributed by atoms with Crippen molar-refractivity contribution >= 4 is 35.3 Å². The summed E-state index contributed by atoms with van der Waals surface area (Å²) in [6.07, 6.45) is 1.12. The van der Waals surface area contributed by atoms with E-state index in [1.807, 2.05) is 13.8 Å². The van der Waals surface area contributed by atoms with E-state index in [4.69, 9.17) is 21.1 Å². The second kappa shape index (κ2) is 10.3. The fraction of sp³-hybridized carbons (Fsp3) is 0.250. The Balaban J connectivity index is 1.86. The van der Waals surface area contributed by atoms with Gasteiger partial charge < -0.3 is 14.8 Å². The van der Waals surface area contributed by atoms with Crippen molar-refractivity contribution in [2.24, 2.45) is 5.10 Å². The lowest BCUT2D eigenvalue weighted by Gasteiger charge is -2.13. The lowest BCUT2D eigenvalue weighted by atomic mass is 10.2. The summed E-state index contributed by atoms with van der Waals surface area (Å²) in [5, 5.41) is 7.03. The van der Waals surface area contributed by atoms with Crippen LogP contribution >= 0.6 is 11.6 Å². The van der Waals surface area contributed by atoms with Gasteiger partial charge in [0, 0.05) is 10.7 Å². The van der Waals surface area contributed by atoms with Crippen LogP contribution in [0.3, 0.4) is 0 Å². The highest BCUT2D eigenvalue weighted by Gasteiger charge is 2.09. The molecule has 0 saturated heterocycles.